The maximum atomic E-state index is 5.25. The first-order valence-corrected chi connectivity index (χ1v) is 10.3. The van der Waals surface area contributed by atoms with Crippen molar-refractivity contribution in [2.45, 2.75) is 19.8 Å². The second kappa shape index (κ2) is 11.7. The van der Waals surface area contributed by atoms with E-state index < -0.39 is 0 Å². The molecule has 1 N–H and O–H groups in total. The molecule has 3 rings (SSSR count). The molecule has 2 aliphatic rings. The summed E-state index contributed by atoms with van der Waals surface area (Å²) in [6.45, 7) is 11.1. The number of nitrogens with zero attached hydrogens (tertiary/aromatic N) is 4. The second-order valence-electron chi connectivity index (χ2n) is 7.71. The molecular weight excluding hydrogens is 465 g/mol. The smallest absolute Gasteiger partial charge is 0.193 e. The molecule has 158 valence electrons. The van der Waals surface area contributed by atoms with Crippen LogP contribution in [0, 0.1) is 5.92 Å². The summed E-state index contributed by atoms with van der Waals surface area (Å²) >= 11 is 0. The Labute approximate surface area is 187 Å². The number of guanidine groups is 1. The van der Waals surface area contributed by atoms with Crippen molar-refractivity contribution in [2.24, 2.45) is 10.9 Å². The van der Waals surface area contributed by atoms with Gasteiger partial charge in [0.05, 0.1) is 7.11 Å². The van der Waals surface area contributed by atoms with Gasteiger partial charge in [0.15, 0.2) is 5.96 Å². The molecule has 1 aromatic carbocycles. The molecule has 0 saturated carbocycles. The van der Waals surface area contributed by atoms with Gasteiger partial charge in [0, 0.05) is 52.0 Å². The van der Waals surface area contributed by atoms with Crippen molar-refractivity contribution in [1.29, 1.82) is 0 Å². The standard InChI is InChI=1S/C21H35N5O.HI/c1-18(17-24-10-4-5-11-24)16-23-21(22-2)26-14-12-25(13-15-26)19-6-8-20(27-3)9-7-19;/h6-9,18H,4-5,10-17H2,1-3H3,(H,22,23);1H. The van der Waals surface area contributed by atoms with E-state index in [9.17, 15) is 0 Å². The van der Waals surface area contributed by atoms with E-state index in [1.54, 1.807) is 7.11 Å². The third kappa shape index (κ3) is 6.40. The van der Waals surface area contributed by atoms with Crippen molar-refractivity contribution in [1.82, 2.24) is 15.1 Å². The monoisotopic (exact) mass is 501 g/mol. The van der Waals surface area contributed by atoms with Gasteiger partial charge < -0.3 is 24.8 Å². The van der Waals surface area contributed by atoms with Crippen LogP contribution < -0.4 is 15.0 Å². The number of hydrogen-bond donors (Lipinski definition) is 1. The number of aliphatic imine (C=N–C) groups is 1. The van der Waals surface area contributed by atoms with Crippen molar-refractivity contribution < 1.29 is 4.74 Å². The Balaban J connectivity index is 0.00000280. The molecule has 0 amide bonds. The topological polar surface area (TPSA) is 43.3 Å². The van der Waals surface area contributed by atoms with Gasteiger partial charge in [-0.15, -0.1) is 24.0 Å². The molecule has 1 aromatic rings. The van der Waals surface area contributed by atoms with Gasteiger partial charge in [0.25, 0.3) is 0 Å². The van der Waals surface area contributed by atoms with Crippen LogP contribution in [-0.4, -0.2) is 82.3 Å². The summed E-state index contributed by atoms with van der Waals surface area (Å²) in [6, 6.07) is 8.34. The number of methoxy groups -OCH3 is 1. The van der Waals surface area contributed by atoms with Gasteiger partial charge in [-0.1, -0.05) is 6.92 Å². The molecule has 0 aromatic heterocycles. The molecular formula is C21H36IN5O. The summed E-state index contributed by atoms with van der Waals surface area (Å²) in [5, 5.41) is 3.60. The molecule has 2 aliphatic heterocycles. The van der Waals surface area contributed by atoms with Gasteiger partial charge in [-0.3, -0.25) is 4.99 Å². The van der Waals surface area contributed by atoms with Crippen molar-refractivity contribution >= 4 is 35.6 Å². The first kappa shape index (κ1) is 23.1. The average molecular weight is 501 g/mol. The van der Waals surface area contributed by atoms with Crippen LogP contribution in [0.4, 0.5) is 5.69 Å². The van der Waals surface area contributed by atoms with E-state index in [1.807, 2.05) is 19.2 Å². The Hall–Kier alpha value is -1.22. The van der Waals surface area contributed by atoms with E-state index in [0.717, 1.165) is 44.4 Å². The number of likely N-dealkylation sites (tertiary alicyclic amines) is 1. The van der Waals surface area contributed by atoms with Crippen LogP contribution in [-0.2, 0) is 0 Å². The van der Waals surface area contributed by atoms with Crippen molar-refractivity contribution in [3.05, 3.63) is 24.3 Å². The summed E-state index contributed by atoms with van der Waals surface area (Å²) in [7, 11) is 3.60. The zero-order valence-corrected chi connectivity index (χ0v) is 19.9. The number of benzene rings is 1. The Morgan fingerprint density at radius 2 is 1.71 bits per heavy atom. The Morgan fingerprint density at radius 1 is 1.07 bits per heavy atom. The summed E-state index contributed by atoms with van der Waals surface area (Å²) in [6.07, 6.45) is 2.72. The lowest BCUT2D eigenvalue weighted by atomic mass is 10.1. The minimum absolute atomic E-state index is 0. The first-order valence-electron chi connectivity index (χ1n) is 10.3. The quantitative estimate of drug-likeness (QED) is 0.369. The Morgan fingerprint density at radius 3 is 2.29 bits per heavy atom. The number of halogens is 1. The maximum absolute atomic E-state index is 5.25. The minimum atomic E-state index is 0. The lowest BCUT2D eigenvalue weighted by Gasteiger charge is -2.38. The molecule has 0 radical (unpaired) electrons. The van der Waals surface area contributed by atoms with Crippen molar-refractivity contribution in [2.75, 3.05) is 71.4 Å². The summed E-state index contributed by atoms with van der Waals surface area (Å²) in [5.41, 5.74) is 1.26. The van der Waals surface area contributed by atoms with Gasteiger partial charge >= 0.3 is 0 Å². The van der Waals surface area contributed by atoms with E-state index in [-0.39, 0.29) is 24.0 Å². The molecule has 2 saturated heterocycles. The predicted octanol–water partition coefficient (Wildman–Crippen LogP) is 2.74. The first-order chi connectivity index (χ1) is 13.2. The van der Waals surface area contributed by atoms with Crippen LogP contribution >= 0.6 is 24.0 Å². The van der Waals surface area contributed by atoms with Crippen molar-refractivity contribution in [3.8, 4) is 5.75 Å². The number of nitrogens with one attached hydrogen (secondary N) is 1. The fraction of sp³-hybridized carbons (Fsp3) is 0.667. The van der Waals surface area contributed by atoms with Crippen molar-refractivity contribution in [3.63, 3.8) is 0 Å². The van der Waals surface area contributed by atoms with Gasteiger partial charge in [0.2, 0.25) is 0 Å². The zero-order chi connectivity index (χ0) is 19.1. The lowest BCUT2D eigenvalue weighted by Crippen LogP contribution is -2.53. The minimum Gasteiger partial charge on any atom is -0.497 e. The molecule has 6 nitrogen and oxygen atoms in total. The number of ether oxygens (including phenoxy) is 1. The Bertz CT molecular complexity index is 595. The average Bonchev–Trinajstić information content (AvgIpc) is 3.22. The number of hydrogen-bond acceptors (Lipinski definition) is 4. The molecule has 2 fully saturated rings. The molecule has 28 heavy (non-hydrogen) atoms. The second-order valence-corrected chi connectivity index (χ2v) is 7.71. The molecule has 1 atom stereocenters. The predicted molar refractivity (Wildman–Crippen MR) is 128 cm³/mol. The molecule has 2 heterocycles. The van der Waals surface area contributed by atoms with Gasteiger partial charge in [-0.25, -0.2) is 0 Å². The highest BCUT2D eigenvalue weighted by atomic mass is 127. The summed E-state index contributed by atoms with van der Waals surface area (Å²) in [4.78, 5) is 11.9. The highest BCUT2D eigenvalue weighted by molar-refractivity contribution is 14.0. The van der Waals surface area contributed by atoms with Crippen LogP contribution in [0.5, 0.6) is 5.75 Å². The number of rotatable bonds is 6. The van der Waals surface area contributed by atoms with E-state index in [1.165, 1.54) is 38.2 Å². The van der Waals surface area contributed by atoms with E-state index in [4.69, 9.17) is 4.74 Å². The SMILES string of the molecule is CN=C(NCC(C)CN1CCCC1)N1CCN(c2ccc(OC)cc2)CC1.I. The van der Waals surface area contributed by atoms with E-state index in [2.05, 4.69) is 44.1 Å². The normalized spacial score (nSPS) is 19.3. The largest absolute Gasteiger partial charge is 0.497 e. The molecule has 0 spiro atoms. The maximum Gasteiger partial charge on any atom is 0.193 e. The molecule has 0 bridgehead atoms. The summed E-state index contributed by atoms with van der Waals surface area (Å²) < 4.78 is 5.25. The fourth-order valence-corrected chi connectivity index (χ4v) is 4.04. The molecule has 1 unspecified atom stereocenters. The highest BCUT2D eigenvalue weighted by Gasteiger charge is 2.21. The third-order valence-corrected chi connectivity index (χ3v) is 5.61. The molecule has 0 aliphatic carbocycles. The van der Waals surface area contributed by atoms with E-state index in [0.29, 0.717) is 5.92 Å². The molecule has 7 heteroatoms. The number of anilines is 1. The van der Waals surface area contributed by atoms with Crippen LogP contribution in [0.2, 0.25) is 0 Å². The van der Waals surface area contributed by atoms with Crippen LogP contribution in [0.15, 0.2) is 29.3 Å². The third-order valence-electron chi connectivity index (χ3n) is 5.61. The number of piperazine rings is 1. The van der Waals surface area contributed by atoms with Gasteiger partial charge in [-0.2, -0.15) is 0 Å². The Kier molecular flexibility index (Phi) is 9.64. The lowest BCUT2D eigenvalue weighted by molar-refractivity contribution is 0.285. The zero-order valence-electron chi connectivity index (χ0n) is 17.6. The van der Waals surface area contributed by atoms with Crippen LogP contribution in [0.3, 0.4) is 0 Å². The highest BCUT2D eigenvalue weighted by Crippen LogP contribution is 2.20. The van der Waals surface area contributed by atoms with Crippen LogP contribution in [0.1, 0.15) is 19.8 Å². The van der Waals surface area contributed by atoms with Crippen LogP contribution in [0.25, 0.3) is 0 Å². The fourth-order valence-electron chi connectivity index (χ4n) is 4.04. The van der Waals surface area contributed by atoms with Gasteiger partial charge in [0.1, 0.15) is 5.75 Å². The van der Waals surface area contributed by atoms with E-state index >= 15 is 0 Å². The van der Waals surface area contributed by atoms with Gasteiger partial charge in [-0.05, 0) is 56.1 Å². The summed E-state index contributed by atoms with van der Waals surface area (Å²) in [5.74, 6) is 2.59.